The van der Waals surface area contributed by atoms with Crippen LogP contribution in [0.1, 0.15) is 24.8 Å². The van der Waals surface area contributed by atoms with Crippen LogP contribution in [0.3, 0.4) is 0 Å². The van der Waals surface area contributed by atoms with Crippen LogP contribution >= 0.6 is 11.6 Å². The standard InChI is InChI=1S/C14H19ClN2O3S/c1-11-10-12(15)5-6-13(11)21(19,20)16-7-3-9-17-8-2-4-14(17)18/h5-6,10,16H,2-4,7-9H2,1H3. The second-order valence-corrected chi connectivity index (χ2v) is 7.32. The number of likely N-dealkylation sites (tertiary alicyclic amines) is 1. The third-order valence-electron chi connectivity index (χ3n) is 3.49. The molecule has 1 aliphatic heterocycles. The molecule has 21 heavy (non-hydrogen) atoms. The Balaban J connectivity index is 1.88. The molecule has 1 heterocycles. The predicted octanol–water partition coefficient (Wildman–Crippen LogP) is 1.94. The number of hydrogen-bond donors (Lipinski definition) is 1. The lowest BCUT2D eigenvalue weighted by Gasteiger charge is -2.15. The fourth-order valence-electron chi connectivity index (χ4n) is 2.41. The Bertz CT molecular complexity index is 631. The highest BCUT2D eigenvalue weighted by atomic mass is 35.5. The lowest BCUT2D eigenvalue weighted by molar-refractivity contribution is -0.127. The van der Waals surface area contributed by atoms with Crippen LogP contribution in [0.15, 0.2) is 23.1 Å². The predicted molar refractivity (Wildman–Crippen MR) is 81.8 cm³/mol. The summed E-state index contributed by atoms with van der Waals surface area (Å²) >= 11 is 5.83. The molecule has 0 unspecified atom stereocenters. The molecule has 0 saturated carbocycles. The Kier molecular flexibility index (Phi) is 5.24. The number of sulfonamides is 1. The number of nitrogens with one attached hydrogen (secondary N) is 1. The maximum absolute atomic E-state index is 12.2. The van der Waals surface area contributed by atoms with Crippen molar-refractivity contribution in [3.63, 3.8) is 0 Å². The van der Waals surface area contributed by atoms with Gasteiger partial charge in [-0.3, -0.25) is 4.79 Å². The first-order valence-electron chi connectivity index (χ1n) is 6.94. The summed E-state index contributed by atoms with van der Waals surface area (Å²) in [5.41, 5.74) is 0.615. The minimum absolute atomic E-state index is 0.159. The molecular formula is C14H19ClN2O3S. The van der Waals surface area contributed by atoms with Crippen LogP contribution < -0.4 is 4.72 Å². The van der Waals surface area contributed by atoms with Gasteiger partial charge in [0.2, 0.25) is 15.9 Å². The molecule has 0 spiro atoms. The van der Waals surface area contributed by atoms with Crippen molar-refractivity contribution in [2.75, 3.05) is 19.6 Å². The lowest BCUT2D eigenvalue weighted by Crippen LogP contribution is -2.31. The van der Waals surface area contributed by atoms with Crippen LogP contribution in [-0.2, 0) is 14.8 Å². The van der Waals surface area contributed by atoms with Crippen molar-refractivity contribution >= 4 is 27.5 Å². The molecule has 1 amide bonds. The highest BCUT2D eigenvalue weighted by Crippen LogP contribution is 2.19. The smallest absolute Gasteiger partial charge is 0.240 e. The van der Waals surface area contributed by atoms with Crippen molar-refractivity contribution in [3.8, 4) is 0 Å². The maximum atomic E-state index is 12.2. The first-order valence-corrected chi connectivity index (χ1v) is 8.80. The van der Waals surface area contributed by atoms with Crippen molar-refractivity contribution in [2.45, 2.75) is 31.1 Å². The van der Waals surface area contributed by atoms with E-state index in [1.54, 1.807) is 24.0 Å². The van der Waals surface area contributed by atoms with E-state index < -0.39 is 10.0 Å². The average Bonchev–Trinajstić information content (AvgIpc) is 2.80. The van der Waals surface area contributed by atoms with Gasteiger partial charge in [0.05, 0.1) is 4.90 Å². The lowest BCUT2D eigenvalue weighted by atomic mass is 10.2. The molecule has 1 aliphatic rings. The van der Waals surface area contributed by atoms with Crippen LogP contribution in [0.4, 0.5) is 0 Å². The van der Waals surface area contributed by atoms with Crippen LogP contribution in [0.2, 0.25) is 5.02 Å². The number of carbonyl (C=O) groups excluding carboxylic acids is 1. The second-order valence-electron chi connectivity index (χ2n) is 5.15. The molecule has 1 N–H and O–H groups in total. The molecule has 0 radical (unpaired) electrons. The number of rotatable bonds is 6. The van der Waals surface area contributed by atoms with Crippen molar-refractivity contribution in [2.24, 2.45) is 0 Å². The van der Waals surface area contributed by atoms with E-state index in [2.05, 4.69) is 4.72 Å². The Morgan fingerprint density at radius 2 is 2.14 bits per heavy atom. The number of nitrogens with zero attached hydrogens (tertiary/aromatic N) is 1. The van der Waals surface area contributed by atoms with Gasteiger partial charge in [0, 0.05) is 31.1 Å². The van der Waals surface area contributed by atoms with E-state index in [4.69, 9.17) is 11.6 Å². The molecule has 2 rings (SSSR count). The van der Waals surface area contributed by atoms with Crippen LogP contribution in [0.5, 0.6) is 0 Å². The van der Waals surface area contributed by atoms with Gasteiger partial charge in [-0.15, -0.1) is 0 Å². The highest BCUT2D eigenvalue weighted by molar-refractivity contribution is 7.89. The molecule has 116 valence electrons. The number of benzene rings is 1. The summed E-state index contributed by atoms with van der Waals surface area (Å²) in [5, 5.41) is 0.513. The Labute approximate surface area is 130 Å². The molecule has 1 aromatic carbocycles. The highest BCUT2D eigenvalue weighted by Gasteiger charge is 2.20. The van der Waals surface area contributed by atoms with Gasteiger partial charge in [-0.1, -0.05) is 11.6 Å². The summed E-state index contributed by atoms with van der Waals surface area (Å²) in [5.74, 6) is 0.159. The molecule has 5 nitrogen and oxygen atoms in total. The summed E-state index contributed by atoms with van der Waals surface area (Å²) in [6.45, 7) is 3.40. The maximum Gasteiger partial charge on any atom is 0.240 e. The summed E-state index contributed by atoms with van der Waals surface area (Å²) in [7, 11) is -3.53. The number of aryl methyl sites for hydroxylation is 1. The summed E-state index contributed by atoms with van der Waals surface area (Å²) in [4.78, 5) is 13.5. The monoisotopic (exact) mass is 330 g/mol. The zero-order valence-electron chi connectivity index (χ0n) is 11.9. The van der Waals surface area contributed by atoms with Gasteiger partial charge in [0.25, 0.3) is 0 Å². The zero-order valence-corrected chi connectivity index (χ0v) is 13.5. The number of carbonyl (C=O) groups is 1. The minimum Gasteiger partial charge on any atom is -0.343 e. The quantitative estimate of drug-likeness (QED) is 0.811. The van der Waals surface area contributed by atoms with Gasteiger partial charge >= 0.3 is 0 Å². The third-order valence-corrected chi connectivity index (χ3v) is 5.35. The molecule has 7 heteroatoms. The molecule has 1 saturated heterocycles. The van der Waals surface area contributed by atoms with Crippen LogP contribution in [0.25, 0.3) is 0 Å². The normalized spacial score (nSPS) is 15.7. The van der Waals surface area contributed by atoms with E-state index in [9.17, 15) is 13.2 Å². The summed E-state index contributed by atoms with van der Waals surface area (Å²) < 4.78 is 26.9. The Morgan fingerprint density at radius 3 is 2.76 bits per heavy atom. The fourth-order valence-corrected chi connectivity index (χ4v) is 3.93. The van der Waals surface area contributed by atoms with E-state index in [-0.39, 0.29) is 10.8 Å². The molecular weight excluding hydrogens is 312 g/mol. The van der Waals surface area contributed by atoms with Gasteiger partial charge < -0.3 is 4.90 Å². The molecule has 0 aromatic heterocycles. The minimum atomic E-state index is -3.53. The molecule has 1 aromatic rings. The van der Waals surface area contributed by atoms with E-state index in [0.29, 0.717) is 36.5 Å². The van der Waals surface area contributed by atoms with E-state index in [0.717, 1.165) is 13.0 Å². The van der Waals surface area contributed by atoms with Gasteiger partial charge in [-0.2, -0.15) is 0 Å². The first-order chi connectivity index (χ1) is 9.90. The number of amides is 1. The van der Waals surface area contributed by atoms with Crippen molar-refractivity contribution in [1.29, 1.82) is 0 Å². The molecule has 1 fully saturated rings. The van der Waals surface area contributed by atoms with Gasteiger partial charge in [-0.25, -0.2) is 13.1 Å². The van der Waals surface area contributed by atoms with Crippen molar-refractivity contribution in [3.05, 3.63) is 28.8 Å². The average molecular weight is 331 g/mol. The molecule has 0 bridgehead atoms. The number of halogens is 1. The third kappa shape index (κ3) is 4.18. The largest absolute Gasteiger partial charge is 0.343 e. The summed E-state index contributed by atoms with van der Waals surface area (Å²) in [6.07, 6.45) is 2.11. The fraction of sp³-hybridized carbons (Fsp3) is 0.500. The van der Waals surface area contributed by atoms with E-state index in [1.807, 2.05) is 0 Å². The van der Waals surface area contributed by atoms with Gasteiger partial charge in [0.15, 0.2) is 0 Å². The summed E-state index contributed by atoms with van der Waals surface area (Å²) in [6, 6.07) is 4.69. The van der Waals surface area contributed by atoms with E-state index >= 15 is 0 Å². The van der Waals surface area contributed by atoms with Gasteiger partial charge in [-0.05, 0) is 43.5 Å². The SMILES string of the molecule is Cc1cc(Cl)ccc1S(=O)(=O)NCCCN1CCCC1=O. The Morgan fingerprint density at radius 1 is 1.38 bits per heavy atom. The number of hydrogen-bond acceptors (Lipinski definition) is 3. The van der Waals surface area contributed by atoms with Gasteiger partial charge in [0.1, 0.15) is 0 Å². The van der Waals surface area contributed by atoms with Crippen LogP contribution in [0, 0.1) is 6.92 Å². The second kappa shape index (κ2) is 6.77. The molecule has 0 atom stereocenters. The van der Waals surface area contributed by atoms with Crippen molar-refractivity contribution < 1.29 is 13.2 Å². The zero-order chi connectivity index (χ0) is 15.5. The van der Waals surface area contributed by atoms with E-state index in [1.165, 1.54) is 6.07 Å². The topological polar surface area (TPSA) is 66.5 Å². The Hall–Kier alpha value is -1.11. The van der Waals surface area contributed by atoms with Crippen LogP contribution in [-0.4, -0.2) is 38.9 Å². The molecule has 0 aliphatic carbocycles. The first kappa shape index (κ1) is 16.3. The van der Waals surface area contributed by atoms with Crippen molar-refractivity contribution in [1.82, 2.24) is 9.62 Å².